The number of hydrogen-bond acceptors (Lipinski definition) is 4. The van der Waals surface area contributed by atoms with E-state index in [0.29, 0.717) is 27.3 Å². The fraction of sp³-hybridized carbons (Fsp3) is 0.235. The van der Waals surface area contributed by atoms with Crippen LogP contribution in [0.4, 0.5) is 5.69 Å². The van der Waals surface area contributed by atoms with Gasteiger partial charge in [0.1, 0.15) is 5.82 Å². The fourth-order valence-corrected chi connectivity index (χ4v) is 3.46. The average Bonchev–Trinajstić information content (AvgIpc) is 3.17. The average molecular weight is 410 g/mol. The highest BCUT2D eigenvalue weighted by Crippen LogP contribution is 2.29. The Balaban J connectivity index is 1.60. The molecule has 0 saturated carbocycles. The number of nitrogens with zero attached hydrogens (tertiary/aromatic N) is 4. The topological polar surface area (TPSA) is 64.7 Å². The summed E-state index contributed by atoms with van der Waals surface area (Å²) in [7, 11) is 3.89. The Labute approximate surface area is 165 Å². The molecule has 0 radical (unpaired) electrons. The van der Waals surface area contributed by atoms with Crippen LogP contribution in [0.15, 0.2) is 41.7 Å². The molecule has 0 saturated heterocycles. The number of thioether (sulfide) groups is 1. The van der Waals surface area contributed by atoms with Crippen LogP contribution in [0, 0.1) is 0 Å². The summed E-state index contributed by atoms with van der Waals surface area (Å²) in [6, 6.07) is 9.14. The maximum atomic E-state index is 12.2. The first-order chi connectivity index (χ1) is 12.5. The Kier molecular flexibility index (Phi) is 5.90. The van der Waals surface area contributed by atoms with Crippen LogP contribution in [0.5, 0.6) is 0 Å². The van der Waals surface area contributed by atoms with Gasteiger partial charge in [-0.25, -0.2) is 0 Å². The van der Waals surface area contributed by atoms with Gasteiger partial charge in [0.25, 0.3) is 0 Å². The zero-order chi connectivity index (χ0) is 18.7. The second-order valence-electron chi connectivity index (χ2n) is 5.68. The third-order valence-electron chi connectivity index (χ3n) is 3.87. The predicted octanol–water partition coefficient (Wildman–Crippen LogP) is 3.78. The molecule has 1 N–H and O–H groups in total. The van der Waals surface area contributed by atoms with Gasteiger partial charge in [-0.1, -0.05) is 41.0 Å². The van der Waals surface area contributed by atoms with Gasteiger partial charge >= 0.3 is 0 Å². The molecule has 0 spiro atoms. The van der Waals surface area contributed by atoms with Gasteiger partial charge in [-0.3, -0.25) is 4.79 Å². The van der Waals surface area contributed by atoms with Crippen LogP contribution in [-0.4, -0.2) is 31.0 Å². The Hall–Kier alpha value is -1.96. The van der Waals surface area contributed by atoms with E-state index < -0.39 is 0 Å². The molecule has 0 aliphatic heterocycles. The smallest absolute Gasteiger partial charge is 0.234 e. The van der Waals surface area contributed by atoms with E-state index in [1.807, 2.05) is 41.6 Å². The molecule has 1 aromatic carbocycles. The third kappa shape index (κ3) is 4.23. The molecule has 0 bridgehead atoms. The molecular weight excluding hydrogens is 393 g/mol. The van der Waals surface area contributed by atoms with Gasteiger partial charge in [-0.2, -0.15) is 0 Å². The molecule has 0 aliphatic carbocycles. The number of benzene rings is 1. The number of hydrogen-bond donors (Lipinski definition) is 1. The number of aromatic nitrogens is 4. The second-order valence-corrected chi connectivity index (χ2v) is 7.41. The lowest BCUT2D eigenvalue weighted by Crippen LogP contribution is -2.15. The molecule has 1 amide bonds. The second kappa shape index (κ2) is 8.16. The van der Waals surface area contributed by atoms with Crippen LogP contribution >= 0.6 is 35.0 Å². The SMILES string of the molecule is Cn1cccc1Cc1nnc(SCC(=O)Nc2cccc(Cl)c2Cl)n1C. The number of anilines is 1. The van der Waals surface area contributed by atoms with E-state index in [2.05, 4.69) is 15.5 Å². The number of nitrogens with one attached hydrogen (secondary N) is 1. The van der Waals surface area contributed by atoms with Crippen molar-refractivity contribution < 1.29 is 4.79 Å². The van der Waals surface area contributed by atoms with Crippen molar-refractivity contribution in [1.29, 1.82) is 0 Å². The lowest BCUT2D eigenvalue weighted by atomic mass is 10.3. The molecule has 0 atom stereocenters. The molecule has 0 aliphatic rings. The van der Waals surface area contributed by atoms with Crippen LogP contribution < -0.4 is 5.32 Å². The van der Waals surface area contributed by atoms with Crippen molar-refractivity contribution in [3.8, 4) is 0 Å². The molecule has 26 heavy (non-hydrogen) atoms. The molecule has 3 aromatic rings. The van der Waals surface area contributed by atoms with E-state index in [-0.39, 0.29) is 11.7 Å². The molecule has 9 heteroatoms. The number of carbonyl (C=O) groups is 1. The third-order valence-corrected chi connectivity index (χ3v) is 5.71. The molecule has 0 fully saturated rings. The van der Waals surface area contributed by atoms with Crippen molar-refractivity contribution in [1.82, 2.24) is 19.3 Å². The first kappa shape index (κ1) is 18.8. The number of carbonyl (C=O) groups excluding carboxylic acids is 1. The minimum atomic E-state index is -0.189. The maximum Gasteiger partial charge on any atom is 0.234 e. The highest BCUT2D eigenvalue weighted by atomic mass is 35.5. The maximum absolute atomic E-state index is 12.2. The van der Waals surface area contributed by atoms with Gasteiger partial charge in [0.2, 0.25) is 5.91 Å². The van der Waals surface area contributed by atoms with E-state index in [1.54, 1.807) is 18.2 Å². The minimum absolute atomic E-state index is 0.189. The molecule has 2 aromatic heterocycles. The number of halogens is 2. The van der Waals surface area contributed by atoms with Gasteiger partial charge in [0, 0.05) is 32.4 Å². The van der Waals surface area contributed by atoms with Crippen molar-refractivity contribution in [2.45, 2.75) is 11.6 Å². The van der Waals surface area contributed by atoms with E-state index >= 15 is 0 Å². The molecule has 136 valence electrons. The summed E-state index contributed by atoms with van der Waals surface area (Å²) in [5.41, 5.74) is 1.64. The largest absolute Gasteiger partial charge is 0.354 e. The van der Waals surface area contributed by atoms with Gasteiger partial charge in [-0.05, 0) is 24.3 Å². The summed E-state index contributed by atoms with van der Waals surface area (Å²) >= 11 is 13.3. The Morgan fingerprint density at radius 1 is 1.19 bits per heavy atom. The van der Waals surface area contributed by atoms with Crippen LogP contribution in [0.25, 0.3) is 0 Å². The highest BCUT2D eigenvalue weighted by Gasteiger charge is 2.14. The minimum Gasteiger partial charge on any atom is -0.354 e. The Morgan fingerprint density at radius 3 is 2.73 bits per heavy atom. The van der Waals surface area contributed by atoms with Crippen molar-refractivity contribution in [2.24, 2.45) is 14.1 Å². The van der Waals surface area contributed by atoms with E-state index in [1.165, 1.54) is 11.8 Å². The van der Waals surface area contributed by atoms with Gasteiger partial charge in [-0.15, -0.1) is 10.2 Å². The van der Waals surface area contributed by atoms with Crippen molar-refractivity contribution in [2.75, 3.05) is 11.1 Å². The zero-order valence-electron chi connectivity index (χ0n) is 14.2. The first-order valence-electron chi connectivity index (χ1n) is 7.81. The standard InChI is InChI=1S/C17H17Cl2N5OS/c1-23-8-4-5-11(23)9-14-21-22-17(24(14)2)26-10-15(25)20-13-7-3-6-12(18)16(13)19/h3-8H,9-10H2,1-2H3,(H,20,25). The lowest BCUT2D eigenvalue weighted by molar-refractivity contribution is -0.113. The Morgan fingerprint density at radius 2 is 2.00 bits per heavy atom. The first-order valence-corrected chi connectivity index (χ1v) is 9.55. The summed E-state index contributed by atoms with van der Waals surface area (Å²) in [4.78, 5) is 12.2. The predicted molar refractivity (Wildman–Crippen MR) is 105 cm³/mol. The Bertz CT molecular complexity index is 937. The number of amides is 1. The van der Waals surface area contributed by atoms with E-state index in [4.69, 9.17) is 23.2 Å². The molecular formula is C17H17Cl2N5OS. The van der Waals surface area contributed by atoms with Crippen LogP contribution in [0.2, 0.25) is 10.0 Å². The van der Waals surface area contributed by atoms with Crippen molar-refractivity contribution in [3.05, 3.63) is 58.1 Å². The quantitative estimate of drug-likeness (QED) is 0.629. The van der Waals surface area contributed by atoms with E-state index in [9.17, 15) is 4.79 Å². The molecule has 3 rings (SSSR count). The van der Waals surface area contributed by atoms with Crippen LogP contribution in [0.1, 0.15) is 11.5 Å². The van der Waals surface area contributed by atoms with Gasteiger partial charge in [0.05, 0.1) is 21.5 Å². The van der Waals surface area contributed by atoms with Crippen LogP contribution in [-0.2, 0) is 25.3 Å². The summed E-state index contributed by atoms with van der Waals surface area (Å²) in [6.45, 7) is 0. The van der Waals surface area contributed by atoms with E-state index in [0.717, 1.165) is 11.5 Å². The van der Waals surface area contributed by atoms with Crippen molar-refractivity contribution >= 4 is 46.6 Å². The van der Waals surface area contributed by atoms with Gasteiger partial charge in [0.15, 0.2) is 5.16 Å². The lowest BCUT2D eigenvalue weighted by Gasteiger charge is -2.08. The highest BCUT2D eigenvalue weighted by molar-refractivity contribution is 7.99. The van der Waals surface area contributed by atoms with Crippen molar-refractivity contribution in [3.63, 3.8) is 0 Å². The summed E-state index contributed by atoms with van der Waals surface area (Å²) < 4.78 is 3.95. The van der Waals surface area contributed by atoms with Crippen LogP contribution in [0.3, 0.4) is 0 Å². The van der Waals surface area contributed by atoms with Gasteiger partial charge < -0.3 is 14.5 Å². The summed E-state index contributed by atoms with van der Waals surface area (Å²) in [5.74, 6) is 0.845. The molecule has 2 heterocycles. The molecule has 6 nitrogen and oxygen atoms in total. The fourth-order valence-electron chi connectivity index (χ4n) is 2.38. The number of rotatable bonds is 6. The number of aryl methyl sites for hydroxylation is 1. The summed E-state index contributed by atoms with van der Waals surface area (Å²) in [5, 5.41) is 12.6. The zero-order valence-corrected chi connectivity index (χ0v) is 16.6. The monoisotopic (exact) mass is 409 g/mol. The summed E-state index contributed by atoms with van der Waals surface area (Å²) in [6.07, 6.45) is 2.67. The normalized spacial score (nSPS) is 10.9. The molecule has 0 unspecified atom stereocenters.